The van der Waals surface area contributed by atoms with E-state index in [1.54, 1.807) is 0 Å². The fourth-order valence-electron chi connectivity index (χ4n) is 6.25. The topological polar surface area (TPSA) is 12.9 Å². The molecule has 0 unspecified atom stereocenters. The molecule has 0 fully saturated rings. The summed E-state index contributed by atoms with van der Waals surface area (Å²) >= 11 is 0. The van der Waals surface area contributed by atoms with Crippen LogP contribution in [0.3, 0.4) is 0 Å². The van der Waals surface area contributed by atoms with Crippen LogP contribution < -0.4 is 0 Å². The van der Waals surface area contributed by atoms with Crippen LogP contribution >= 0.6 is 0 Å². The molecule has 8 rings (SSSR count). The maximum Gasteiger partial charge on any atom is 0.123 e. The molecule has 0 radical (unpaired) electrons. The number of pyridine rings is 1. The zero-order valence-electron chi connectivity index (χ0n) is 22.5. The standard InChI is InChI=1S/C39H23F2N/c40-27-18-14-24(15-19-27)33-22-35-37(26-8-2-1-3-9-26)36-23-34(25-16-20-28(41)21-17-25)30-11-5-7-13-32(30)39(36)42-38(35)31-12-6-4-10-29(31)33/h1-23H. The number of halogens is 2. The highest BCUT2D eigenvalue weighted by Crippen LogP contribution is 2.44. The van der Waals surface area contributed by atoms with Gasteiger partial charge in [0.05, 0.1) is 11.0 Å². The molecule has 0 saturated heterocycles. The van der Waals surface area contributed by atoms with Crippen molar-refractivity contribution in [2.75, 3.05) is 0 Å². The molecule has 3 heteroatoms. The lowest BCUT2D eigenvalue weighted by Crippen LogP contribution is -1.95. The molecule has 1 nitrogen and oxygen atoms in total. The monoisotopic (exact) mass is 543 g/mol. The first kappa shape index (κ1) is 24.4. The molecule has 8 aromatic rings. The summed E-state index contributed by atoms with van der Waals surface area (Å²) in [5.74, 6) is -0.525. The van der Waals surface area contributed by atoms with Gasteiger partial charge in [-0.25, -0.2) is 13.8 Å². The minimum Gasteiger partial charge on any atom is -0.246 e. The van der Waals surface area contributed by atoms with Crippen LogP contribution in [0.1, 0.15) is 0 Å². The Morgan fingerprint density at radius 2 is 0.762 bits per heavy atom. The SMILES string of the molecule is Fc1ccc(-c2cc3c(-c4ccccc4)c4cc(-c5ccc(F)cc5)c5ccccc5c4nc3c3ccccc23)cc1. The highest BCUT2D eigenvalue weighted by Gasteiger charge is 2.19. The molecule has 0 amide bonds. The van der Waals surface area contributed by atoms with Gasteiger partial charge >= 0.3 is 0 Å². The summed E-state index contributed by atoms with van der Waals surface area (Å²) in [6.07, 6.45) is 0. The van der Waals surface area contributed by atoms with Gasteiger partial charge in [0.25, 0.3) is 0 Å². The minimum absolute atomic E-state index is 0.262. The average Bonchev–Trinajstić information content (AvgIpc) is 3.04. The molecule has 0 aliphatic rings. The fourth-order valence-corrected chi connectivity index (χ4v) is 6.25. The summed E-state index contributed by atoms with van der Waals surface area (Å²) < 4.78 is 27.9. The molecule has 0 aliphatic heterocycles. The largest absolute Gasteiger partial charge is 0.246 e. The van der Waals surface area contributed by atoms with E-state index in [4.69, 9.17) is 4.98 Å². The van der Waals surface area contributed by atoms with Gasteiger partial charge in [0, 0.05) is 27.1 Å². The quantitative estimate of drug-likeness (QED) is 0.160. The van der Waals surface area contributed by atoms with Gasteiger partial charge in [0.1, 0.15) is 11.6 Å². The Bertz CT molecular complexity index is 2150. The Balaban J connectivity index is 1.60. The van der Waals surface area contributed by atoms with Crippen LogP contribution in [0.25, 0.3) is 76.7 Å². The number of fused-ring (bicyclic) bond motifs is 6. The molecule has 0 spiro atoms. The molecule has 0 aliphatic carbocycles. The second kappa shape index (κ2) is 9.60. The Morgan fingerprint density at radius 3 is 1.21 bits per heavy atom. The molecular formula is C39H23F2N. The number of hydrogen-bond acceptors (Lipinski definition) is 1. The van der Waals surface area contributed by atoms with Crippen LogP contribution in [-0.2, 0) is 0 Å². The van der Waals surface area contributed by atoms with Gasteiger partial charge < -0.3 is 0 Å². The smallest absolute Gasteiger partial charge is 0.123 e. The summed E-state index contributed by atoms with van der Waals surface area (Å²) in [5.41, 5.74) is 7.93. The van der Waals surface area contributed by atoms with Crippen molar-refractivity contribution in [1.82, 2.24) is 4.98 Å². The van der Waals surface area contributed by atoms with E-state index in [0.29, 0.717) is 0 Å². The van der Waals surface area contributed by atoms with Gasteiger partial charge in [-0.1, -0.05) is 103 Å². The minimum atomic E-state index is -0.262. The van der Waals surface area contributed by atoms with Crippen molar-refractivity contribution in [3.63, 3.8) is 0 Å². The maximum atomic E-state index is 13.9. The Kier molecular flexibility index (Phi) is 5.58. The number of hydrogen-bond donors (Lipinski definition) is 0. The number of aromatic nitrogens is 1. The molecule has 0 atom stereocenters. The highest BCUT2D eigenvalue weighted by molar-refractivity contribution is 6.25. The van der Waals surface area contributed by atoms with Gasteiger partial charge in [-0.3, -0.25) is 0 Å². The van der Waals surface area contributed by atoms with Crippen molar-refractivity contribution in [1.29, 1.82) is 0 Å². The summed E-state index contributed by atoms with van der Waals surface area (Å²) in [6.45, 7) is 0. The fraction of sp³-hybridized carbons (Fsp3) is 0. The summed E-state index contributed by atoms with van der Waals surface area (Å²) in [6, 6.07) is 44.8. The van der Waals surface area contributed by atoms with E-state index in [-0.39, 0.29) is 11.6 Å². The third kappa shape index (κ3) is 3.86. The predicted octanol–water partition coefficient (Wildman–Crippen LogP) is 11.0. The van der Waals surface area contributed by atoms with Gasteiger partial charge in [-0.15, -0.1) is 0 Å². The first-order chi connectivity index (χ1) is 20.7. The van der Waals surface area contributed by atoms with Crippen LogP contribution in [0.2, 0.25) is 0 Å². The number of rotatable bonds is 3. The van der Waals surface area contributed by atoms with Crippen LogP contribution in [0.15, 0.2) is 140 Å². The summed E-state index contributed by atoms with van der Waals surface area (Å²) in [5, 5.41) is 6.25. The first-order valence-electron chi connectivity index (χ1n) is 13.9. The van der Waals surface area contributed by atoms with Crippen molar-refractivity contribution in [2.45, 2.75) is 0 Å². The second-order valence-electron chi connectivity index (χ2n) is 10.6. The molecule has 198 valence electrons. The summed E-state index contributed by atoms with van der Waals surface area (Å²) in [7, 11) is 0. The molecule has 42 heavy (non-hydrogen) atoms. The van der Waals surface area contributed by atoms with Crippen LogP contribution in [0.5, 0.6) is 0 Å². The lowest BCUT2D eigenvalue weighted by Gasteiger charge is -2.18. The molecule has 1 aromatic heterocycles. The van der Waals surface area contributed by atoms with E-state index in [9.17, 15) is 8.78 Å². The van der Waals surface area contributed by atoms with Crippen molar-refractivity contribution in [2.24, 2.45) is 0 Å². The molecular weight excluding hydrogens is 520 g/mol. The Morgan fingerprint density at radius 1 is 0.357 bits per heavy atom. The molecule has 0 bridgehead atoms. The zero-order chi connectivity index (χ0) is 28.2. The molecule has 0 N–H and O–H groups in total. The van der Waals surface area contributed by atoms with Gasteiger partial charge in [0.15, 0.2) is 0 Å². The van der Waals surface area contributed by atoms with Crippen molar-refractivity contribution >= 4 is 43.4 Å². The summed E-state index contributed by atoms with van der Waals surface area (Å²) in [4.78, 5) is 5.40. The van der Waals surface area contributed by atoms with E-state index in [1.165, 1.54) is 24.3 Å². The van der Waals surface area contributed by atoms with Gasteiger partial charge in [-0.05, 0) is 75.0 Å². The van der Waals surface area contributed by atoms with E-state index >= 15 is 0 Å². The van der Waals surface area contributed by atoms with Crippen LogP contribution in [0, 0.1) is 11.6 Å². The van der Waals surface area contributed by atoms with Gasteiger partial charge in [0.2, 0.25) is 0 Å². The van der Waals surface area contributed by atoms with E-state index in [2.05, 4.69) is 60.7 Å². The second-order valence-corrected chi connectivity index (χ2v) is 10.6. The molecule has 7 aromatic carbocycles. The van der Waals surface area contributed by atoms with Gasteiger partial charge in [-0.2, -0.15) is 0 Å². The Hall–Kier alpha value is -5.41. The average molecular weight is 544 g/mol. The zero-order valence-corrected chi connectivity index (χ0v) is 22.5. The van der Waals surface area contributed by atoms with E-state index in [0.717, 1.165) is 76.7 Å². The third-order valence-electron chi connectivity index (χ3n) is 8.17. The molecule has 0 saturated carbocycles. The van der Waals surface area contributed by atoms with E-state index < -0.39 is 0 Å². The predicted molar refractivity (Wildman–Crippen MR) is 170 cm³/mol. The maximum absolute atomic E-state index is 13.9. The number of nitrogens with zero attached hydrogens (tertiary/aromatic N) is 1. The lowest BCUT2D eigenvalue weighted by atomic mass is 9.87. The Labute approximate surface area is 241 Å². The third-order valence-corrected chi connectivity index (χ3v) is 8.17. The lowest BCUT2D eigenvalue weighted by molar-refractivity contribution is 0.627. The van der Waals surface area contributed by atoms with Crippen LogP contribution in [0.4, 0.5) is 8.78 Å². The van der Waals surface area contributed by atoms with Crippen molar-refractivity contribution in [3.8, 4) is 33.4 Å². The van der Waals surface area contributed by atoms with Crippen LogP contribution in [-0.4, -0.2) is 4.98 Å². The van der Waals surface area contributed by atoms with E-state index in [1.807, 2.05) is 54.6 Å². The highest BCUT2D eigenvalue weighted by atomic mass is 19.1. The normalized spacial score (nSPS) is 11.6. The van der Waals surface area contributed by atoms with Crippen molar-refractivity contribution in [3.05, 3.63) is 151 Å². The number of benzene rings is 7. The molecule has 1 heterocycles. The van der Waals surface area contributed by atoms with Crippen molar-refractivity contribution < 1.29 is 8.78 Å². The first-order valence-corrected chi connectivity index (χ1v) is 13.9.